The predicted octanol–water partition coefficient (Wildman–Crippen LogP) is 1.79. The number of aryl methyl sites for hydroxylation is 1. The number of alkyl halides is 3. The Bertz CT molecular complexity index is 903. The van der Waals surface area contributed by atoms with Crippen LogP contribution in [0.5, 0.6) is 5.75 Å². The van der Waals surface area contributed by atoms with Crippen molar-refractivity contribution in [1.82, 2.24) is 15.5 Å². The molecule has 3 rings (SSSR count). The molecule has 182 valence electrons. The van der Waals surface area contributed by atoms with Crippen molar-refractivity contribution in [2.24, 2.45) is 11.5 Å². The monoisotopic (exact) mass is 470 g/mol. The Balaban J connectivity index is 0.000000414. The molecule has 1 aromatic heterocycles. The Morgan fingerprint density at radius 1 is 1.30 bits per heavy atom. The Kier molecular flexibility index (Phi) is 9.82. The molecule has 1 aliphatic heterocycles. The van der Waals surface area contributed by atoms with Crippen LogP contribution in [-0.2, 0) is 15.7 Å². The number of nitrogens with zero attached hydrogens (tertiary/aromatic N) is 2. The van der Waals surface area contributed by atoms with E-state index < -0.39 is 17.5 Å². The molecule has 0 amide bonds. The molecule has 2 heterocycles. The van der Waals surface area contributed by atoms with Gasteiger partial charge in [0, 0.05) is 31.2 Å². The summed E-state index contributed by atoms with van der Waals surface area (Å²) < 4.78 is 42.5. The Hall–Kier alpha value is -2.96. The van der Waals surface area contributed by atoms with Crippen LogP contribution in [0.3, 0.4) is 0 Å². The highest BCUT2D eigenvalue weighted by molar-refractivity contribution is 5.70. The number of carbonyl (C=O) groups is 1. The van der Waals surface area contributed by atoms with Crippen molar-refractivity contribution in [2.75, 3.05) is 31.5 Å². The lowest BCUT2D eigenvalue weighted by molar-refractivity contribution is -0.137. The lowest BCUT2D eigenvalue weighted by Gasteiger charge is -2.24. The van der Waals surface area contributed by atoms with E-state index in [0.29, 0.717) is 24.1 Å². The molecule has 1 fully saturated rings. The number of anilines is 1. The Labute approximate surface area is 189 Å². The average Bonchev–Trinajstić information content (AvgIpc) is 2.78. The quantitative estimate of drug-likeness (QED) is 0.382. The summed E-state index contributed by atoms with van der Waals surface area (Å²) >= 11 is 0. The van der Waals surface area contributed by atoms with Crippen LogP contribution in [0.15, 0.2) is 24.3 Å². The summed E-state index contributed by atoms with van der Waals surface area (Å²) in [5.41, 5.74) is 10.6. The van der Waals surface area contributed by atoms with Gasteiger partial charge in [0.25, 0.3) is 6.47 Å². The van der Waals surface area contributed by atoms with Crippen LogP contribution in [0.1, 0.15) is 24.0 Å². The Morgan fingerprint density at radius 2 is 2.03 bits per heavy atom. The molecule has 0 radical (unpaired) electrons. The molecule has 0 aliphatic carbocycles. The number of phenolic OH excluding ortho intramolecular Hbond substituents is 1. The van der Waals surface area contributed by atoms with Gasteiger partial charge in [0.1, 0.15) is 17.7 Å². The SMILES string of the molecule is Cc1cc(NC2CCCNC2)nnc1-c1ccc(C(F)(F)F)cc1O.NCC(CN)OC=O. The van der Waals surface area contributed by atoms with E-state index in [4.69, 9.17) is 11.5 Å². The number of phenols is 1. The molecule has 2 aromatic rings. The van der Waals surface area contributed by atoms with Crippen molar-refractivity contribution in [3.8, 4) is 17.0 Å². The van der Waals surface area contributed by atoms with Gasteiger partial charge in [0.2, 0.25) is 0 Å². The summed E-state index contributed by atoms with van der Waals surface area (Å²) in [5, 5.41) is 24.8. The summed E-state index contributed by atoms with van der Waals surface area (Å²) in [5.74, 6) is 0.144. The van der Waals surface area contributed by atoms with E-state index in [1.54, 1.807) is 13.0 Å². The van der Waals surface area contributed by atoms with Gasteiger partial charge in [-0.2, -0.15) is 13.2 Å². The van der Waals surface area contributed by atoms with E-state index in [2.05, 4.69) is 25.6 Å². The molecule has 9 nitrogen and oxygen atoms in total. The molecular weight excluding hydrogens is 441 g/mol. The number of piperidine rings is 1. The largest absolute Gasteiger partial charge is 0.507 e. The molecule has 7 N–H and O–H groups in total. The summed E-state index contributed by atoms with van der Waals surface area (Å²) in [7, 11) is 0. The van der Waals surface area contributed by atoms with Crippen LogP contribution in [0, 0.1) is 6.92 Å². The third-order valence-corrected chi connectivity index (χ3v) is 4.99. The molecule has 12 heteroatoms. The third-order valence-electron chi connectivity index (χ3n) is 4.99. The maximum absolute atomic E-state index is 12.7. The van der Waals surface area contributed by atoms with Gasteiger partial charge in [-0.15, -0.1) is 10.2 Å². The van der Waals surface area contributed by atoms with Gasteiger partial charge in [-0.25, -0.2) is 0 Å². The highest BCUT2D eigenvalue weighted by atomic mass is 19.4. The fourth-order valence-electron chi connectivity index (χ4n) is 3.20. The van der Waals surface area contributed by atoms with E-state index in [-0.39, 0.29) is 30.8 Å². The van der Waals surface area contributed by atoms with E-state index in [1.165, 1.54) is 6.07 Å². The molecule has 1 aromatic carbocycles. The molecule has 33 heavy (non-hydrogen) atoms. The van der Waals surface area contributed by atoms with Gasteiger partial charge < -0.3 is 31.9 Å². The number of nitrogens with one attached hydrogen (secondary N) is 2. The molecule has 0 bridgehead atoms. The van der Waals surface area contributed by atoms with Crippen molar-refractivity contribution in [3.63, 3.8) is 0 Å². The third kappa shape index (κ3) is 7.84. The molecule has 1 aliphatic rings. The van der Waals surface area contributed by atoms with Crippen molar-refractivity contribution >= 4 is 12.3 Å². The smallest absolute Gasteiger partial charge is 0.416 e. The van der Waals surface area contributed by atoms with Crippen molar-refractivity contribution in [2.45, 2.75) is 38.1 Å². The van der Waals surface area contributed by atoms with Gasteiger partial charge in [-0.3, -0.25) is 4.79 Å². The van der Waals surface area contributed by atoms with Gasteiger partial charge in [-0.1, -0.05) is 0 Å². The minimum atomic E-state index is -4.50. The second-order valence-electron chi connectivity index (χ2n) is 7.50. The van der Waals surface area contributed by atoms with Gasteiger partial charge in [-0.05, 0) is 56.1 Å². The standard InChI is InChI=1S/C17H19F3N4O.C4H10N2O2/c1-10-7-15(22-12-3-2-6-21-9-12)23-24-16(10)13-5-4-11(8-14(13)25)17(18,19)20;5-1-4(2-6)8-3-7/h4-5,7-8,12,21,25H,2-3,6,9H2,1H3,(H,22,23);3-4H,1-2,5-6H2. The van der Waals surface area contributed by atoms with Gasteiger partial charge >= 0.3 is 6.18 Å². The fourth-order valence-corrected chi connectivity index (χ4v) is 3.20. The van der Waals surface area contributed by atoms with Crippen LogP contribution in [0.4, 0.5) is 19.0 Å². The van der Waals surface area contributed by atoms with E-state index in [1.807, 2.05) is 0 Å². The zero-order chi connectivity index (χ0) is 24.4. The van der Waals surface area contributed by atoms with Crippen LogP contribution in [0.2, 0.25) is 0 Å². The van der Waals surface area contributed by atoms with E-state index >= 15 is 0 Å². The van der Waals surface area contributed by atoms with Gasteiger partial charge in [0.15, 0.2) is 0 Å². The molecule has 1 saturated heterocycles. The first-order valence-electron chi connectivity index (χ1n) is 10.4. The molecule has 0 saturated carbocycles. The highest BCUT2D eigenvalue weighted by Gasteiger charge is 2.31. The topological polar surface area (TPSA) is 148 Å². The van der Waals surface area contributed by atoms with Crippen molar-refractivity contribution in [3.05, 3.63) is 35.4 Å². The zero-order valence-corrected chi connectivity index (χ0v) is 18.2. The molecule has 0 spiro atoms. The number of rotatable bonds is 7. The number of hydrogen-bond donors (Lipinski definition) is 5. The first-order chi connectivity index (χ1) is 15.7. The van der Waals surface area contributed by atoms with E-state index in [9.17, 15) is 23.1 Å². The number of halogens is 3. The minimum absolute atomic E-state index is 0.226. The first-order valence-corrected chi connectivity index (χ1v) is 10.4. The normalized spacial score (nSPS) is 16.0. The second-order valence-corrected chi connectivity index (χ2v) is 7.50. The molecule has 1 unspecified atom stereocenters. The summed E-state index contributed by atoms with van der Waals surface area (Å²) in [6.07, 6.45) is -2.69. The van der Waals surface area contributed by atoms with Crippen LogP contribution < -0.4 is 22.1 Å². The van der Waals surface area contributed by atoms with Gasteiger partial charge in [0.05, 0.1) is 11.3 Å². The maximum atomic E-state index is 12.7. The first kappa shape index (κ1) is 26.3. The number of ether oxygens (including phenoxy) is 1. The summed E-state index contributed by atoms with van der Waals surface area (Å²) in [4.78, 5) is 9.60. The number of aromatic nitrogens is 2. The van der Waals surface area contributed by atoms with Crippen LogP contribution in [0.25, 0.3) is 11.3 Å². The number of hydrogen-bond acceptors (Lipinski definition) is 9. The summed E-state index contributed by atoms with van der Waals surface area (Å²) in [6.45, 7) is 4.57. The lowest BCUT2D eigenvalue weighted by Crippen LogP contribution is -2.38. The van der Waals surface area contributed by atoms with Crippen LogP contribution >= 0.6 is 0 Å². The summed E-state index contributed by atoms with van der Waals surface area (Å²) in [6, 6.07) is 4.90. The molecular formula is C21H29F3N6O3. The number of benzene rings is 1. The number of carbonyl (C=O) groups excluding carboxylic acids is 1. The zero-order valence-electron chi connectivity index (χ0n) is 18.2. The second kappa shape index (κ2) is 12.3. The van der Waals surface area contributed by atoms with E-state index in [0.717, 1.165) is 37.6 Å². The lowest BCUT2D eigenvalue weighted by atomic mass is 10.0. The predicted molar refractivity (Wildman–Crippen MR) is 117 cm³/mol. The fraction of sp³-hybridized carbons (Fsp3) is 0.476. The molecule has 1 atom stereocenters. The number of nitrogens with two attached hydrogens (primary N) is 2. The van der Waals surface area contributed by atoms with Crippen LogP contribution in [-0.4, -0.2) is 60.1 Å². The van der Waals surface area contributed by atoms with Crippen molar-refractivity contribution < 1.29 is 27.8 Å². The Morgan fingerprint density at radius 3 is 2.52 bits per heavy atom. The van der Waals surface area contributed by atoms with Crippen molar-refractivity contribution in [1.29, 1.82) is 0 Å². The average molecular weight is 470 g/mol. The highest BCUT2D eigenvalue weighted by Crippen LogP contribution is 2.36. The number of aromatic hydroxyl groups is 1. The maximum Gasteiger partial charge on any atom is 0.416 e. The minimum Gasteiger partial charge on any atom is -0.507 e.